The van der Waals surface area contributed by atoms with Crippen molar-refractivity contribution in [2.75, 3.05) is 12.8 Å². The highest BCUT2D eigenvalue weighted by Gasteiger charge is 2.11. The molecule has 2 rings (SSSR count). The third kappa shape index (κ3) is 2.91. The van der Waals surface area contributed by atoms with Crippen LogP contribution >= 0.6 is 38.9 Å². The lowest BCUT2D eigenvalue weighted by atomic mass is 10.1. The Bertz CT molecular complexity index is 544. The molecule has 0 aliphatic carbocycles. The van der Waals surface area contributed by atoms with Crippen LogP contribution in [0.4, 0.5) is 5.13 Å². The van der Waals surface area contributed by atoms with Crippen LogP contribution in [0.5, 0.6) is 5.75 Å². The quantitative estimate of drug-likeness (QED) is 0.931. The van der Waals surface area contributed by atoms with E-state index in [0.29, 0.717) is 16.6 Å². The zero-order valence-electron chi connectivity index (χ0n) is 9.04. The van der Waals surface area contributed by atoms with Gasteiger partial charge in [-0.05, 0) is 34.1 Å². The Kier molecular flexibility index (Phi) is 3.91. The summed E-state index contributed by atoms with van der Waals surface area (Å²) in [5, 5.41) is 1.24. The normalized spacial score (nSPS) is 10.5. The number of ether oxygens (including phenoxy) is 1. The van der Waals surface area contributed by atoms with Crippen LogP contribution in [0.15, 0.2) is 22.8 Å². The van der Waals surface area contributed by atoms with Crippen LogP contribution in [0.2, 0.25) is 5.02 Å². The van der Waals surface area contributed by atoms with E-state index in [-0.39, 0.29) is 0 Å². The summed E-state index contributed by atoms with van der Waals surface area (Å²) < 4.78 is 6.08. The Hall–Kier alpha value is -0.780. The number of hydrogen-bond acceptors (Lipinski definition) is 4. The largest absolute Gasteiger partial charge is 0.496 e. The van der Waals surface area contributed by atoms with E-state index in [1.165, 1.54) is 11.3 Å². The third-order valence-corrected chi connectivity index (χ3v) is 4.30. The maximum atomic E-state index is 5.98. The molecule has 1 aromatic carbocycles. The summed E-state index contributed by atoms with van der Waals surface area (Å²) >= 11 is 10.8. The summed E-state index contributed by atoms with van der Waals surface area (Å²) in [4.78, 5) is 5.18. The molecule has 0 radical (unpaired) electrons. The first-order valence-electron chi connectivity index (χ1n) is 4.83. The van der Waals surface area contributed by atoms with Crippen LogP contribution in [0.25, 0.3) is 0 Å². The van der Waals surface area contributed by atoms with Gasteiger partial charge >= 0.3 is 0 Å². The number of thiazole rings is 1. The number of hydrogen-bond donors (Lipinski definition) is 1. The molecular formula is C11H10BrClN2OS. The Morgan fingerprint density at radius 3 is 2.88 bits per heavy atom. The van der Waals surface area contributed by atoms with Crippen molar-refractivity contribution in [3.8, 4) is 5.75 Å². The number of nitrogens with zero attached hydrogens (tertiary/aromatic N) is 1. The first-order chi connectivity index (χ1) is 8.10. The molecule has 1 heterocycles. The summed E-state index contributed by atoms with van der Waals surface area (Å²) in [6.07, 6.45) is 0.694. The average Bonchev–Trinajstić information content (AvgIpc) is 2.58. The SMILES string of the molecule is COc1ccc(Cl)cc1Cc1sc(N)nc1Br. The molecule has 1 aromatic heterocycles. The molecule has 17 heavy (non-hydrogen) atoms. The molecule has 0 atom stereocenters. The highest BCUT2D eigenvalue weighted by molar-refractivity contribution is 9.10. The third-order valence-electron chi connectivity index (χ3n) is 2.26. The number of anilines is 1. The van der Waals surface area contributed by atoms with Crippen LogP contribution < -0.4 is 10.5 Å². The van der Waals surface area contributed by atoms with Gasteiger partial charge in [0.2, 0.25) is 0 Å². The molecule has 0 aliphatic heterocycles. The number of nitrogens with two attached hydrogens (primary N) is 1. The average molecular weight is 334 g/mol. The lowest BCUT2D eigenvalue weighted by molar-refractivity contribution is 0.410. The Morgan fingerprint density at radius 1 is 1.53 bits per heavy atom. The first-order valence-corrected chi connectivity index (χ1v) is 6.82. The van der Waals surface area contributed by atoms with E-state index in [2.05, 4.69) is 20.9 Å². The predicted octanol–water partition coefficient (Wildman–Crippen LogP) is 3.74. The molecule has 2 aromatic rings. The van der Waals surface area contributed by atoms with E-state index < -0.39 is 0 Å². The zero-order valence-corrected chi connectivity index (χ0v) is 12.2. The molecule has 0 saturated heterocycles. The van der Waals surface area contributed by atoms with Crippen LogP contribution in [0, 0.1) is 0 Å². The molecule has 0 bridgehead atoms. The minimum Gasteiger partial charge on any atom is -0.496 e. The zero-order chi connectivity index (χ0) is 12.4. The second-order valence-electron chi connectivity index (χ2n) is 3.40. The van der Waals surface area contributed by atoms with E-state index in [4.69, 9.17) is 22.1 Å². The molecule has 2 N–H and O–H groups in total. The summed E-state index contributed by atoms with van der Waals surface area (Å²) in [6.45, 7) is 0. The number of nitrogen functional groups attached to an aromatic ring is 1. The predicted molar refractivity (Wildman–Crippen MR) is 75.0 cm³/mol. The molecule has 0 amide bonds. The van der Waals surface area contributed by atoms with Crippen molar-refractivity contribution in [3.63, 3.8) is 0 Å². The highest BCUT2D eigenvalue weighted by atomic mass is 79.9. The molecule has 0 aliphatic rings. The van der Waals surface area contributed by atoms with Gasteiger partial charge in [0.15, 0.2) is 5.13 Å². The van der Waals surface area contributed by atoms with Gasteiger partial charge in [-0.25, -0.2) is 4.98 Å². The van der Waals surface area contributed by atoms with Crippen molar-refractivity contribution in [1.82, 2.24) is 4.98 Å². The van der Waals surface area contributed by atoms with Crippen molar-refractivity contribution in [2.24, 2.45) is 0 Å². The fraction of sp³-hybridized carbons (Fsp3) is 0.182. The van der Waals surface area contributed by atoms with Gasteiger partial charge in [0, 0.05) is 21.9 Å². The smallest absolute Gasteiger partial charge is 0.181 e. The minimum atomic E-state index is 0.549. The molecule has 0 fully saturated rings. The van der Waals surface area contributed by atoms with Crippen molar-refractivity contribution < 1.29 is 4.74 Å². The fourth-order valence-corrected chi connectivity index (χ4v) is 3.15. The van der Waals surface area contributed by atoms with Crippen molar-refractivity contribution in [3.05, 3.63) is 38.3 Å². The minimum absolute atomic E-state index is 0.549. The number of benzene rings is 1. The molecule has 6 heteroatoms. The maximum absolute atomic E-state index is 5.98. The molecule has 0 spiro atoms. The Morgan fingerprint density at radius 2 is 2.29 bits per heavy atom. The standard InChI is InChI=1S/C11H10BrClN2OS/c1-16-8-3-2-7(13)4-6(8)5-9-10(12)15-11(14)17-9/h2-4H,5H2,1H3,(H2,14,15). The van der Waals surface area contributed by atoms with Crippen LogP contribution in [-0.4, -0.2) is 12.1 Å². The molecular weight excluding hydrogens is 324 g/mol. The van der Waals surface area contributed by atoms with Crippen molar-refractivity contribution in [2.45, 2.75) is 6.42 Å². The van der Waals surface area contributed by atoms with Crippen LogP contribution in [-0.2, 0) is 6.42 Å². The van der Waals surface area contributed by atoms with E-state index in [1.54, 1.807) is 13.2 Å². The second-order valence-corrected chi connectivity index (χ2v) is 5.70. The summed E-state index contributed by atoms with van der Waals surface area (Å²) in [7, 11) is 1.64. The fourth-order valence-electron chi connectivity index (χ4n) is 1.52. The Labute approximate surface area is 117 Å². The lowest BCUT2D eigenvalue weighted by Crippen LogP contribution is -1.92. The van der Waals surface area contributed by atoms with Crippen molar-refractivity contribution in [1.29, 1.82) is 0 Å². The van der Waals surface area contributed by atoms with Gasteiger partial charge in [0.1, 0.15) is 10.4 Å². The Balaban J connectivity index is 2.35. The topological polar surface area (TPSA) is 48.1 Å². The van der Waals surface area contributed by atoms with Gasteiger partial charge < -0.3 is 10.5 Å². The number of halogens is 2. The molecule has 90 valence electrons. The van der Waals surface area contributed by atoms with E-state index in [1.807, 2.05) is 12.1 Å². The first kappa shape index (κ1) is 12.7. The van der Waals surface area contributed by atoms with Gasteiger partial charge in [0.05, 0.1) is 7.11 Å². The summed E-state index contributed by atoms with van der Waals surface area (Å²) in [5.41, 5.74) is 6.67. The second kappa shape index (κ2) is 5.25. The van der Waals surface area contributed by atoms with Gasteiger partial charge in [-0.2, -0.15) is 0 Å². The number of rotatable bonds is 3. The molecule has 0 saturated carbocycles. The summed E-state index contributed by atoms with van der Waals surface area (Å²) in [6, 6.07) is 5.55. The van der Waals surface area contributed by atoms with Gasteiger partial charge in [-0.1, -0.05) is 11.6 Å². The number of aromatic nitrogens is 1. The number of methoxy groups -OCH3 is 1. The molecule has 3 nitrogen and oxygen atoms in total. The lowest BCUT2D eigenvalue weighted by Gasteiger charge is -2.07. The van der Waals surface area contributed by atoms with Crippen LogP contribution in [0.3, 0.4) is 0 Å². The van der Waals surface area contributed by atoms with Gasteiger partial charge in [-0.15, -0.1) is 11.3 Å². The highest BCUT2D eigenvalue weighted by Crippen LogP contribution is 2.31. The van der Waals surface area contributed by atoms with Crippen molar-refractivity contribution >= 4 is 44.0 Å². The van der Waals surface area contributed by atoms with Crippen LogP contribution in [0.1, 0.15) is 10.4 Å². The molecule has 0 unspecified atom stereocenters. The van der Waals surface area contributed by atoms with Gasteiger partial charge in [-0.3, -0.25) is 0 Å². The van der Waals surface area contributed by atoms with E-state index >= 15 is 0 Å². The maximum Gasteiger partial charge on any atom is 0.181 e. The monoisotopic (exact) mass is 332 g/mol. The van der Waals surface area contributed by atoms with E-state index in [0.717, 1.165) is 20.8 Å². The van der Waals surface area contributed by atoms with Gasteiger partial charge in [0.25, 0.3) is 0 Å². The van der Waals surface area contributed by atoms with E-state index in [9.17, 15) is 0 Å². The summed E-state index contributed by atoms with van der Waals surface area (Å²) in [5.74, 6) is 0.813.